The molecule has 1 atom stereocenters. The molecule has 4 rings (SSSR count). The molecular formula is C22H28BrN3O. The second-order valence-electron chi connectivity index (χ2n) is 8.35. The Hall–Kier alpha value is -1.46. The van der Waals surface area contributed by atoms with E-state index in [1.165, 1.54) is 0 Å². The van der Waals surface area contributed by atoms with Crippen molar-refractivity contribution in [2.45, 2.75) is 38.6 Å². The Morgan fingerprint density at radius 2 is 1.93 bits per heavy atom. The van der Waals surface area contributed by atoms with Crippen molar-refractivity contribution in [2.24, 2.45) is 11.8 Å². The molecule has 0 radical (unpaired) electrons. The zero-order valence-electron chi connectivity index (χ0n) is 16.4. The third kappa shape index (κ3) is 3.77. The number of ketones is 1. The van der Waals surface area contributed by atoms with Crippen molar-refractivity contribution in [2.75, 3.05) is 32.1 Å². The zero-order valence-corrected chi connectivity index (χ0v) is 18.0. The van der Waals surface area contributed by atoms with Crippen LogP contribution in [0.15, 0.2) is 28.9 Å². The van der Waals surface area contributed by atoms with E-state index >= 15 is 0 Å². The van der Waals surface area contributed by atoms with E-state index in [1.54, 1.807) is 0 Å². The fraction of sp³-hybridized carbons (Fsp3) is 0.545. The summed E-state index contributed by atoms with van der Waals surface area (Å²) in [6.45, 7) is 4.32. The van der Waals surface area contributed by atoms with Crippen LogP contribution < -0.4 is 4.90 Å². The van der Waals surface area contributed by atoms with Gasteiger partial charge in [0.05, 0.1) is 16.8 Å². The number of fused-ring (bicyclic) bond motifs is 1. The summed E-state index contributed by atoms with van der Waals surface area (Å²) in [5.41, 5.74) is 2.89. The second kappa shape index (κ2) is 7.51. The summed E-state index contributed by atoms with van der Waals surface area (Å²) in [4.78, 5) is 22.3. The standard InChI is InChI=1S/C22H28BrN3O/c1-14(25(2)3)15-8-10-26(11-9-15)21-18-12-17(23)6-7-20(18)24-13-19(21)22(27)16-4-5-16/h6-7,12-16H,4-5,8-11H2,1-3H3. The van der Waals surface area contributed by atoms with Crippen molar-refractivity contribution in [3.63, 3.8) is 0 Å². The highest BCUT2D eigenvalue weighted by molar-refractivity contribution is 9.10. The van der Waals surface area contributed by atoms with Gasteiger partial charge in [0.15, 0.2) is 5.78 Å². The molecular weight excluding hydrogens is 402 g/mol. The van der Waals surface area contributed by atoms with Crippen LogP contribution in [0, 0.1) is 11.8 Å². The van der Waals surface area contributed by atoms with Gasteiger partial charge in [0.1, 0.15) is 0 Å². The first-order chi connectivity index (χ1) is 13.0. The molecule has 1 saturated heterocycles. The van der Waals surface area contributed by atoms with E-state index < -0.39 is 0 Å². The minimum atomic E-state index is 0.210. The van der Waals surface area contributed by atoms with E-state index in [4.69, 9.17) is 0 Å². The average molecular weight is 430 g/mol. The summed E-state index contributed by atoms with van der Waals surface area (Å²) >= 11 is 3.60. The lowest BCUT2D eigenvalue weighted by molar-refractivity contribution is 0.0967. The van der Waals surface area contributed by atoms with Gasteiger partial charge in [0.25, 0.3) is 0 Å². The first-order valence-corrected chi connectivity index (χ1v) is 10.8. The molecule has 1 unspecified atom stereocenters. The summed E-state index contributed by atoms with van der Waals surface area (Å²) in [7, 11) is 4.33. The normalized spacial score (nSPS) is 19.7. The van der Waals surface area contributed by atoms with Crippen LogP contribution in [0.25, 0.3) is 10.9 Å². The molecule has 2 aromatic rings. The molecule has 1 saturated carbocycles. The van der Waals surface area contributed by atoms with Crippen LogP contribution in [0.5, 0.6) is 0 Å². The lowest BCUT2D eigenvalue weighted by Crippen LogP contribution is -2.42. The molecule has 2 fully saturated rings. The average Bonchev–Trinajstić information content (AvgIpc) is 3.51. The molecule has 4 nitrogen and oxygen atoms in total. The van der Waals surface area contributed by atoms with Gasteiger partial charge in [0, 0.05) is 41.1 Å². The lowest BCUT2D eigenvalue weighted by Gasteiger charge is -2.39. The zero-order chi connectivity index (χ0) is 19.1. The van der Waals surface area contributed by atoms with Crippen LogP contribution >= 0.6 is 15.9 Å². The van der Waals surface area contributed by atoms with Crippen molar-refractivity contribution in [1.82, 2.24) is 9.88 Å². The van der Waals surface area contributed by atoms with Crippen LogP contribution in [0.4, 0.5) is 5.69 Å². The van der Waals surface area contributed by atoms with E-state index in [1.807, 2.05) is 18.3 Å². The Labute approximate surface area is 170 Å². The predicted octanol–water partition coefficient (Wildman–Crippen LogP) is 4.76. The van der Waals surface area contributed by atoms with E-state index in [2.05, 4.69) is 57.8 Å². The minimum absolute atomic E-state index is 0.210. The van der Waals surface area contributed by atoms with Gasteiger partial charge in [-0.05, 0) is 70.8 Å². The largest absolute Gasteiger partial charge is 0.370 e. The maximum absolute atomic E-state index is 13.0. The highest BCUT2D eigenvalue weighted by atomic mass is 79.9. The van der Waals surface area contributed by atoms with Crippen molar-refractivity contribution in [3.05, 3.63) is 34.4 Å². The van der Waals surface area contributed by atoms with Crippen molar-refractivity contribution in [1.29, 1.82) is 0 Å². The predicted molar refractivity (Wildman–Crippen MR) is 115 cm³/mol. The number of carbonyl (C=O) groups is 1. The van der Waals surface area contributed by atoms with Crippen LogP contribution in [0.3, 0.4) is 0 Å². The number of benzene rings is 1. The maximum Gasteiger partial charge on any atom is 0.169 e. The number of rotatable bonds is 5. The second-order valence-corrected chi connectivity index (χ2v) is 9.26. The topological polar surface area (TPSA) is 36.4 Å². The summed E-state index contributed by atoms with van der Waals surface area (Å²) in [5, 5.41) is 1.09. The van der Waals surface area contributed by atoms with E-state index in [0.717, 1.165) is 65.4 Å². The van der Waals surface area contributed by atoms with E-state index in [-0.39, 0.29) is 11.7 Å². The Morgan fingerprint density at radius 3 is 2.56 bits per heavy atom. The van der Waals surface area contributed by atoms with Gasteiger partial charge >= 0.3 is 0 Å². The first-order valence-electron chi connectivity index (χ1n) is 9.99. The SMILES string of the molecule is CC(C1CCN(c2c(C(=O)C3CC3)cnc3ccc(Br)cc23)CC1)N(C)C. The van der Waals surface area contributed by atoms with Crippen LogP contribution in [0.2, 0.25) is 0 Å². The van der Waals surface area contributed by atoms with Gasteiger partial charge in [-0.25, -0.2) is 0 Å². The third-order valence-corrected chi connectivity index (χ3v) is 6.86. The fourth-order valence-corrected chi connectivity index (χ4v) is 4.63. The van der Waals surface area contributed by atoms with E-state index in [0.29, 0.717) is 12.0 Å². The number of pyridine rings is 1. The van der Waals surface area contributed by atoms with Gasteiger partial charge in [-0.15, -0.1) is 0 Å². The maximum atomic E-state index is 13.0. The quantitative estimate of drug-likeness (QED) is 0.642. The molecule has 1 aromatic heterocycles. The van der Waals surface area contributed by atoms with Gasteiger partial charge in [0.2, 0.25) is 0 Å². The van der Waals surface area contributed by atoms with Crippen molar-refractivity contribution in [3.8, 4) is 0 Å². The number of hydrogen-bond acceptors (Lipinski definition) is 4. The van der Waals surface area contributed by atoms with Gasteiger partial charge in [-0.2, -0.15) is 0 Å². The first kappa shape index (κ1) is 18.9. The molecule has 5 heteroatoms. The smallest absolute Gasteiger partial charge is 0.169 e. The number of nitrogens with zero attached hydrogens (tertiary/aromatic N) is 3. The number of Topliss-reactive ketones (excluding diaryl/α,β-unsaturated/α-hetero) is 1. The molecule has 0 amide bonds. The molecule has 2 aliphatic rings. The fourth-order valence-electron chi connectivity index (χ4n) is 4.26. The molecule has 0 spiro atoms. The summed E-state index contributed by atoms with van der Waals surface area (Å²) in [5.74, 6) is 1.20. The van der Waals surface area contributed by atoms with Gasteiger partial charge < -0.3 is 9.80 Å². The molecule has 1 aliphatic heterocycles. The Kier molecular flexibility index (Phi) is 5.26. The highest BCUT2D eigenvalue weighted by Crippen LogP contribution is 2.40. The molecule has 144 valence electrons. The molecule has 1 aliphatic carbocycles. The summed E-state index contributed by atoms with van der Waals surface area (Å²) in [6, 6.07) is 6.76. The molecule has 2 heterocycles. The monoisotopic (exact) mass is 429 g/mol. The number of carbonyl (C=O) groups excluding carboxylic acids is 1. The number of halogens is 1. The Balaban J connectivity index is 1.70. The molecule has 0 N–H and O–H groups in total. The molecule has 0 bridgehead atoms. The van der Waals surface area contributed by atoms with Crippen LogP contribution in [-0.2, 0) is 0 Å². The number of hydrogen-bond donors (Lipinski definition) is 0. The van der Waals surface area contributed by atoms with Gasteiger partial charge in [-0.1, -0.05) is 15.9 Å². The minimum Gasteiger partial charge on any atom is -0.370 e. The van der Waals surface area contributed by atoms with Crippen LogP contribution in [-0.4, -0.2) is 48.9 Å². The molecule has 27 heavy (non-hydrogen) atoms. The number of aromatic nitrogens is 1. The highest BCUT2D eigenvalue weighted by Gasteiger charge is 2.34. The lowest BCUT2D eigenvalue weighted by atomic mass is 9.89. The van der Waals surface area contributed by atoms with Gasteiger partial charge in [-0.3, -0.25) is 9.78 Å². The van der Waals surface area contributed by atoms with Crippen LogP contribution in [0.1, 0.15) is 43.0 Å². The summed E-state index contributed by atoms with van der Waals surface area (Å²) < 4.78 is 1.03. The number of piperidine rings is 1. The Bertz CT molecular complexity index is 854. The Morgan fingerprint density at radius 1 is 1.22 bits per heavy atom. The summed E-state index contributed by atoms with van der Waals surface area (Å²) in [6.07, 6.45) is 6.19. The molecule has 1 aromatic carbocycles. The third-order valence-electron chi connectivity index (χ3n) is 6.37. The van der Waals surface area contributed by atoms with Crippen molar-refractivity contribution >= 4 is 38.3 Å². The van der Waals surface area contributed by atoms with Crippen molar-refractivity contribution < 1.29 is 4.79 Å². The number of anilines is 1. The van der Waals surface area contributed by atoms with E-state index in [9.17, 15) is 4.79 Å².